The maximum absolute atomic E-state index is 16.9. The van der Waals surface area contributed by atoms with Crippen molar-refractivity contribution in [3.8, 4) is 22.6 Å². The second-order valence-corrected chi connectivity index (χ2v) is 15.5. The van der Waals surface area contributed by atoms with Crippen LogP contribution in [-0.4, -0.2) is 65.4 Å². The maximum Gasteiger partial charge on any atom is 0.410 e. The molecule has 2 saturated heterocycles. The lowest BCUT2D eigenvalue weighted by atomic mass is 9.79. The Labute approximate surface area is 307 Å². The highest BCUT2D eigenvalue weighted by molar-refractivity contribution is 6.34. The maximum atomic E-state index is 16.9. The quantitative estimate of drug-likeness (QED) is 0.244. The van der Waals surface area contributed by atoms with Crippen LogP contribution in [0.1, 0.15) is 93.6 Å². The molecule has 12 heteroatoms. The molecule has 3 heterocycles. The number of amides is 1. The van der Waals surface area contributed by atoms with E-state index in [2.05, 4.69) is 0 Å². The Morgan fingerprint density at radius 2 is 1.75 bits per heavy atom. The van der Waals surface area contributed by atoms with E-state index in [0.29, 0.717) is 56.4 Å². The van der Waals surface area contributed by atoms with Gasteiger partial charge in [0, 0.05) is 48.8 Å². The molecule has 3 aliphatic heterocycles. The van der Waals surface area contributed by atoms with Crippen LogP contribution >= 0.6 is 11.6 Å². The summed E-state index contributed by atoms with van der Waals surface area (Å²) in [4.78, 5) is 27.9. The molecule has 3 fully saturated rings. The number of carboxylic acids is 1. The number of fused-ring (bicyclic) bond motifs is 1. The van der Waals surface area contributed by atoms with Gasteiger partial charge in [-0.05, 0) is 83.4 Å². The second-order valence-electron chi connectivity index (χ2n) is 15.1. The van der Waals surface area contributed by atoms with Gasteiger partial charge in [0.25, 0.3) is 0 Å². The molecular formula is C40H44ClF2NO8. The third-order valence-electron chi connectivity index (χ3n) is 10.4. The summed E-state index contributed by atoms with van der Waals surface area (Å²) >= 11 is 6.70. The molecule has 278 valence electrons. The van der Waals surface area contributed by atoms with Gasteiger partial charge >= 0.3 is 12.1 Å². The fourth-order valence-electron chi connectivity index (χ4n) is 8.13. The Balaban J connectivity index is 1.27. The monoisotopic (exact) mass is 739 g/mol. The molecular weight excluding hydrogens is 696 g/mol. The van der Waals surface area contributed by atoms with Crippen molar-refractivity contribution in [1.29, 1.82) is 0 Å². The van der Waals surface area contributed by atoms with Crippen molar-refractivity contribution in [3.63, 3.8) is 0 Å². The molecule has 0 spiro atoms. The number of halogens is 3. The number of ether oxygens (including phenoxy) is 5. The van der Waals surface area contributed by atoms with E-state index >= 15 is 8.78 Å². The molecule has 5 atom stereocenters. The van der Waals surface area contributed by atoms with E-state index in [0.717, 1.165) is 25.3 Å². The number of carboxylic acid groups (broad SMARTS) is 1. The molecule has 3 aromatic rings. The minimum Gasteiger partial charge on any atom is -0.487 e. The van der Waals surface area contributed by atoms with E-state index in [1.165, 1.54) is 12.1 Å². The SMILES string of the molecule is CC(C)(C)OC(=O)N1CCC[C@H]1[C@@]1(c2ccccc2)Cc2c(cc(F)c(Cl)c2-c2c(C(=O)O)ccc(O[C@H]3CC[C@@H](OC4CCCCO4)C3)c2F)O1. The van der Waals surface area contributed by atoms with E-state index in [-0.39, 0.29) is 35.9 Å². The second kappa shape index (κ2) is 14.5. The molecule has 0 bridgehead atoms. The molecule has 1 aliphatic carbocycles. The lowest BCUT2D eigenvalue weighted by molar-refractivity contribution is -0.187. The molecule has 1 N–H and O–H groups in total. The van der Waals surface area contributed by atoms with Crippen molar-refractivity contribution in [2.24, 2.45) is 0 Å². The Kier molecular flexibility index (Phi) is 10.1. The lowest BCUT2D eigenvalue weighted by Crippen LogP contribution is -2.53. The van der Waals surface area contributed by atoms with Gasteiger partial charge < -0.3 is 33.7 Å². The van der Waals surface area contributed by atoms with Crippen molar-refractivity contribution in [2.75, 3.05) is 13.2 Å². The zero-order chi connectivity index (χ0) is 36.8. The van der Waals surface area contributed by atoms with Crippen LogP contribution in [0.5, 0.6) is 11.5 Å². The highest BCUT2D eigenvalue weighted by atomic mass is 35.5. The summed E-state index contributed by atoms with van der Waals surface area (Å²) in [6.07, 6.45) is 4.65. The number of likely N-dealkylation sites (tertiary alicyclic amines) is 1. The average molecular weight is 740 g/mol. The molecule has 1 saturated carbocycles. The summed E-state index contributed by atoms with van der Waals surface area (Å²) in [5.41, 5.74) is -1.89. The van der Waals surface area contributed by atoms with Gasteiger partial charge in [0.05, 0.1) is 22.7 Å². The summed E-state index contributed by atoms with van der Waals surface area (Å²) in [5.74, 6) is -3.38. The standard InChI is InChI=1S/C40H44ClF2NO8/c1-39(2,3)52-38(47)44-18-9-12-31(44)40(23-10-5-4-6-11-23)22-27-30(51-40)21-28(42)35(41)33(27)34-26(37(45)46)16-17-29(36(34)43)49-24-14-15-25(20-24)50-32-13-7-8-19-48-32/h4-6,10-11,16-17,21,24-25,31-32H,7-9,12-15,18-20,22H2,1-3H3,(H,45,46)/t24-,25+,31-,32?,40-/m0/s1. The molecule has 7 rings (SSSR count). The topological polar surface area (TPSA) is 104 Å². The predicted octanol–water partition coefficient (Wildman–Crippen LogP) is 9.06. The highest BCUT2D eigenvalue weighted by Crippen LogP contribution is 2.54. The zero-order valence-corrected chi connectivity index (χ0v) is 30.3. The average Bonchev–Trinajstić information content (AvgIpc) is 3.86. The Morgan fingerprint density at radius 1 is 0.981 bits per heavy atom. The van der Waals surface area contributed by atoms with E-state index in [1.54, 1.807) is 25.7 Å². The van der Waals surface area contributed by atoms with E-state index in [9.17, 15) is 14.7 Å². The summed E-state index contributed by atoms with van der Waals surface area (Å²) in [6.45, 7) is 6.44. The number of hydrogen-bond acceptors (Lipinski definition) is 7. The fourth-order valence-corrected chi connectivity index (χ4v) is 8.39. The van der Waals surface area contributed by atoms with Gasteiger partial charge in [-0.1, -0.05) is 41.9 Å². The molecule has 3 aromatic carbocycles. The van der Waals surface area contributed by atoms with Crippen LogP contribution in [0.15, 0.2) is 48.5 Å². The number of carbonyl (C=O) groups is 2. The summed E-state index contributed by atoms with van der Waals surface area (Å²) in [6, 6.07) is 12.4. The first kappa shape index (κ1) is 36.4. The van der Waals surface area contributed by atoms with Gasteiger partial charge in [0.1, 0.15) is 23.3 Å². The third kappa shape index (κ3) is 7.07. The third-order valence-corrected chi connectivity index (χ3v) is 10.8. The Bertz CT molecular complexity index is 1830. The molecule has 1 unspecified atom stereocenters. The number of benzene rings is 3. The summed E-state index contributed by atoms with van der Waals surface area (Å²) in [7, 11) is 0. The molecule has 1 amide bonds. The lowest BCUT2D eigenvalue weighted by Gasteiger charge is -2.40. The minimum atomic E-state index is -1.42. The van der Waals surface area contributed by atoms with Gasteiger partial charge in [0.2, 0.25) is 0 Å². The van der Waals surface area contributed by atoms with Crippen LogP contribution in [0.4, 0.5) is 13.6 Å². The molecule has 52 heavy (non-hydrogen) atoms. The first-order valence-electron chi connectivity index (χ1n) is 18.1. The van der Waals surface area contributed by atoms with Crippen LogP contribution in [0.25, 0.3) is 11.1 Å². The van der Waals surface area contributed by atoms with Crippen molar-refractivity contribution in [2.45, 2.75) is 114 Å². The van der Waals surface area contributed by atoms with E-state index in [4.69, 9.17) is 35.3 Å². The Morgan fingerprint density at radius 3 is 2.46 bits per heavy atom. The summed E-state index contributed by atoms with van der Waals surface area (Å²) in [5, 5.41) is 9.86. The van der Waals surface area contributed by atoms with Crippen molar-refractivity contribution >= 4 is 23.7 Å². The number of hydrogen-bond donors (Lipinski definition) is 1. The van der Waals surface area contributed by atoms with Crippen LogP contribution in [0, 0.1) is 11.6 Å². The number of rotatable bonds is 8. The van der Waals surface area contributed by atoms with Crippen LogP contribution in [0.3, 0.4) is 0 Å². The number of carbonyl (C=O) groups excluding carboxylic acids is 1. The first-order chi connectivity index (χ1) is 24.8. The first-order valence-corrected chi connectivity index (χ1v) is 18.5. The highest BCUT2D eigenvalue weighted by Gasteiger charge is 2.54. The molecule has 0 aromatic heterocycles. The van der Waals surface area contributed by atoms with Gasteiger partial charge in [-0.15, -0.1) is 0 Å². The van der Waals surface area contributed by atoms with Crippen LogP contribution in [0.2, 0.25) is 5.02 Å². The Hall–Kier alpha value is -3.93. The number of aromatic carboxylic acids is 1. The molecule has 9 nitrogen and oxygen atoms in total. The van der Waals surface area contributed by atoms with Gasteiger partial charge in [-0.3, -0.25) is 0 Å². The van der Waals surface area contributed by atoms with Crippen molar-refractivity contribution < 1.29 is 47.2 Å². The van der Waals surface area contributed by atoms with Crippen LogP contribution in [-0.2, 0) is 26.2 Å². The van der Waals surface area contributed by atoms with Crippen LogP contribution < -0.4 is 9.47 Å². The molecule has 0 radical (unpaired) electrons. The number of nitrogens with zero attached hydrogens (tertiary/aromatic N) is 1. The van der Waals surface area contributed by atoms with Gasteiger partial charge in [-0.2, -0.15) is 0 Å². The van der Waals surface area contributed by atoms with E-state index < -0.39 is 63.2 Å². The van der Waals surface area contributed by atoms with Crippen molar-refractivity contribution in [3.05, 3.63) is 81.9 Å². The minimum absolute atomic E-state index is 0.0418. The zero-order valence-electron chi connectivity index (χ0n) is 29.6. The fraction of sp³-hybridized carbons (Fsp3) is 0.500. The van der Waals surface area contributed by atoms with Crippen molar-refractivity contribution in [1.82, 2.24) is 4.90 Å². The smallest absolute Gasteiger partial charge is 0.410 e. The normalized spacial score (nSPS) is 25.8. The van der Waals surface area contributed by atoms with Gasteiger partial charge in [0.15, 0.2) is 23.5 Å². The molecule has 4 aliphatic rings. The largest absolute Gasteiger partial charge is 0.487 e. The summed E-state index contributed by atoms with van der Waals surface area (Å²) < 4.78 is 63.3. The van der Waals surface area contributed by atoms with Gasteiger partial charge in [-0.25, -0.2) is 18.4 Å². The predicted molar refractivity (Wildman–Crippen MR) is 189 cm³/mol. The van der Waals surface area contributed by atoms with E-state index in [1.807, 2.05) is 30.3 Å².